The van der Waals surface area contributed by atoms with Crippen molar-refractivity contribution in [3.63, 3.8) is 0 Å². The maximum Gasteiger partial charge on any atom is 0.0256 e. The van der Waals surface area contributed by atoms with Gasteiger partial charge in [-0.3, -0.25) is 0 Å². The molecule has 0 bridgehead atoms. The summed E-state index contributed by atoms with van der Waals surface area (Å²) in [4.78, 5) is 0. The highest BCUT2D eigenvalue weighted by Gasteiger charge is 2.02. The Hall–Kier alpha value is -1.37. The number of aryl methyl sites for hydroxylation is 2. The third-order valence-corrected chi connectivity index (χ3v) is 2.37. The summed E-state index contributed by atoms with van der Waals surface area (Å²) in [6.45, 7) is 16.5. The van der Waals surface area contributed by atoms with Crippen LogP contribution in [0.4, 0.5) is 0 Å². The van der Waals surface area contributed by atoms with Gasteiger partial charge in [0.1, 0.15) is 0 Å². The van der Waals surface area contributed by atoms with E-state index in [1.165, 1.54) is 22.9 Å². The minimum absolute atomic E-state index is 0.546. The smallest absolute Gasteiger partial charge is 0.0256 e. The van der Waals surface area contributed by atoms with Crippen molar-refractivity contribution in [2.75, 3.05) is 0 Å². The number of allylic oxidation sites excluding steroid dienone is 1. The monoisotopic (exact) mass is 261 g/mol. The first-order valence-electron chi connectivity index (χ1n) is 7.34. The largest absolute Gasteiger partial charge is 0.308 e. The van der Waals surface area contributed by atoms with E-state index >= 15 is 0 Å². The summed E-state index contributed by atoms with van der Waals surface area (Å²) in [6, 6.07) is 4.22. The molecule has 1 rings (SSSR count). The van der Waals surface area contributed by atoms with Crippen LogP contribution < -0.4 is 0 Å². The second-order valence-corrected chi connectivity index (χ2v) is 4.33. The Morgan fingerprint density at radius 3 is 1.95 bits per heavy atom. The molecular weight excluding hydrogens is 230 g/mol. The van der Waals surface area contributed by atoms with Gasteiger partial charge < -0.3 is 5.41 Å². The van der Waals surface area contributed by atoms with Crippen LogP contribution in [0.3, 0.4) is 0 Å². The molecule has 1 aromatic rings. The lowest BCUT2D eigenvalue weighted by Crippen LogP contribution is -1.92. The Bertz CT molecular complexity index is 387. The van der Waals surface area contributed by atoms with Crippen molar-refractivity contribution in [2.24, 2.45) is 5.92 Å². The summed E-state index contributed by atoms with van der Waals surface area (Å²) in [5.74, 6) is 0.546. The normalized spacial score (nSPS) is 9.53. The van der Waals surface area contributed by atoms with Crippen LogP contribution in [0.2, 0.25) is 0 Å². The van der Waals surface area contributed by atoms with Gasteiger partial charge in [0.15, 0.2) is 0 Å². The molecule has 108 valence electrons. The number of benzene rings is 1. The fourth-order valence-electron chi connectivity index (χ4n) is 1.65. The zero-order chi connectivity index (χ0) is 15.4. The molecule has 0 radical (unpaired) electrons. The van der Waals surface area contributed by atoms with Gasteiger partial charge in [-0.1, -0.05) is 65.3 Å². The van der Waals surface area contributed by atoms with Gasteiger partial charge in [0, 0.05) is 6.21 Å². The highest BCUT2D eigenvalue weighted by molar-refractivity contribution is 5.84. The minimum atomic E-state index is 0.546. The zero-order valence-electron chi connectivity index (χ0n) is 14.0. The molecule has 1 nitrogen and oxygen atoms in total. The minimum Gasteiger partial charge on any atom is -0.308 e. The van der Waals surface area contributed by atoms with Crippen molar-refractivity contribution < 1.29 is 0 Å². The highest BCUT2D eigenvalue weighted by Crippen LogP contribution is 2.18. The average molecular weight is 261 g/mol. The van der Waals surface area contributed by atoms with Crippen LogP contribution in [0.15, 0.2) is 18.2 Å². The topological polar surface area (TPSA) is 23.9 Å². The predicted molar refractivity (Wildman–Crippen MR) is 90.4 cm³/mol. The molecule has 0 aliphatic rings. The summed E-state index contributed by atoms with van der Waals surface area (Å²) in [5.41, 5.74) is 4.63. The van der Waals surface area contributed by atoms with E-state index in [2.05, 4.69) is 52.0 Å². The van der Waals surface area contributed by atoms with Crippen molar-refractivity contribution in [1.82, 2.24) is 0 Å². The molecule has 0 unspecified atom stereocenters. The van der Waals surface area contributed by atoms with Crippen molar-refractivity contribution in [3.8, 4) is 0 Å². The van der Waals surface area contributed by atoms with Gasteiger partial charge in [-0.05, 0) is 42.5 Å². The van der Waals surface area contributed by atoms with Crippen LogP contribution in [0.25, 0.3) is 6.08 Å². The summed E-state index contributed by atoms with van der Waals surface area (Å²) >= 11 is 0. The Balaban J connectivity index is 0. The molecule has 0 atom stereocenters. The quantitative estimate of drug-likeness (QED) is 0.643. The van der Waals surface area contributed by atoms with Crippen molar-refractivity contribution in [3.05, 3.63) is 40.5 Å². The SMILES string of the molecule is CC.CC.Cc1cc(C)c(/C=C\C(C)C)c(C=N)c1. The van der Waals surface area contributed by atoms with Crippen LogP contribution >= 0.6 is 0 Å². The van der Waals surface area contributed by atoms with Gasteiger partial charge in [0.05, 0.1) is 0 Å². The number of rotatable bonds is 3. The fraction of sp³-hybridized carbons (Fsp3) is 0.500. The first-order chi connectivity index (χ1) is 9.04. The van der Waals surface area contributed by atoms with E-state index in [1.54, 1.807) is 0 Å². The molecule has 0 aliphatic carbocycles. The lowest BCUT2D eigenvalue weighted by Gasteiger charge is -2.07. The van der Waals surface area contributed by atoms with E-state index in [0.717, 1.165) is 5.56 Å². The molecule has 19 heavy (non-hydrogen) atoms. The molecule has 0 aliphatic heterocycles. The lowest BCUT2D eigenvalue weighted by atomic mass is 9.98. The van der Waals surface area contributed by atoms with Gasteiger partial charge >= 0.3 is 0 Å². The van der Waals surface area contributed by atoms with E-state index in [4.69, 9.17) is 5.41 Å². The molecular formula is C18H31N. The molecule has 1 aromatic carbocycles. The van der Waals surface area contributed by atoms with Gasteiger partial charge in [-0.25, -0.2) is 0 Å². The number of nitrogens with one attached hydrogen (secondary N) is 1. The molecule has 0 spiro atoms. The maximum absolute atomic E-state index is 7.40. The summed E-state index contributed by atoms with van der Waals surface area (Å²) in [7, 11) is 0. The molecule has 0 aromatic heterocycles. The zero-order valence-corrected chi connectivity index (χ0v) is 14.0. The number of hydrogen-bond donors (Lipinski definition) is 1. The van der Waals surface area contributed by atoms with E-state index in [-0.39, 0.29) is 0 Å². The van der Waals surface area contributed by atoms with Crippen molar-refractivity contribution in [2.45, 2.75) is 55.4 Å². The highest BCUT2D eigenvalue weighted by atomic mass is 14.3. The summed E-state index contributed by atoms with van der Waals surface area (Å²) < 4.78 is 0. The molecule has 0 fully saturated rings. The molecule has 1 heteroatoms. The first-order valence-corrected chi connectivity index (χ1v) is 7.34. The second kappa shape index (κ2) is 11.7. The maximum atomic E-state index is 7.40. The molecule has 0 amide bonds. The van der Waals surface area contributed by atoms with Crippen LogP contribution in [0.5, 0.6) is 0 Å². The Morgan fingerprint density at radius 1 is 1.00 bits per heavy atom. The third kappa shape index (κ3) is 7.61. The molecule has 0 saturated heterocycles. The first kappa shape index (κ1) is 20.0. The predicted octanol–water partition coefficient (Wildman–Crippen LogP) is 6.02. The molecule has 0 saturated carbocycles. The van der Waals surface area contributed by atoms with E-state index in [9.17, 15) is 0 Å². The lowest BCUT2D eigenvalue weighted by molar-refractivity contribution is 0.836. The van der Waals surface area contributed by atoms with Gasteiger partial charge in [0.25, 0.3) is 0 Å². The Labute approximate surface area is 120 Å². The Morgan fingerprint density at radius 2 is 1.53 bits per heavy atom. The standard InChI is InChI=1S/C14H19N.2C2H6/c1-10(2)5-6-14-12(4)7-11(3)8-13(14)9-15;2*1-2/h5-10,15H,1-4H3;2*1-2H3/b6-5-,15-9?;;. The van der Waals surface area contributed by atoms with Crippen molar-refractivity contribution in [1.29, 1.82) is 5.41 Å². The third-order valence-electron chi connectivity index (χ3n) is 2.37. The van der Waals surface area contributed by atoms with Crippen LogP contribution in [-0.4, -0.2) is 6.21 Å². The van der Waals surface area contributed by atoms with Crippen LogP contribution in [0, 0.1) is 25.2 Å². The van der Waals surface area contributed by atoms with Crippen LogP contribution in [0.1, 0.15) is 63.8 Å². The molecule has 0 heterocycles. The van der Waals surface area contributed by atoms with Gasteiger partial charge in [0.2, 0.25) is 0 Å². The van der Waals surface area contributed by atoms with Crippen LogP contribution in [-0.2, 0) is 0 Å². The fourth-order valence-corrected chi connectivity index (χ4v) is 1.65. The van der Waals surface area contributed by atoms with E-state index < -0.39 is 0 Å². The van der Waals surface area contributed by atoms with Crippen molar-refractivity contribution >= 4 is 12.3 Å². The summed E-state index contributed by atoms with van der Waals surface area (Å²) in [6.07, 6.45) is 5.73. The average Bonchev–Trinajstić information content (AvgIpc) is 2.41. The molecule has 1 N–H and O–H groups in total. The van der Waals surface area contributed by atoms with Gasteiger partial charge in [-0.2, -0.15) is 0 Å². The van der Waals surface area contributed by atoms with Gasteiger partial charge in [-0.15, -0.1) is 0 Å². The second-order valence-electron chi connectivity index (χ2n) is 4.33. The number of hydrogen-bond acceptors (Lipinski definition) is 1. The van der Waals surface area contributed by atoms with E-state index in [0.29, 0.717) is 5.92 Å². The van der Waals surface area contributed by atoms with E-state index in [1.807, 2.05) is 27.7 Å². The Kier molecular flexibility index (Phi) is 12.3. The summed E-state index contributed by atoms with van der Waals surface area (Å²) in [5, 5.41) is 7.40.